The van der Waals surface area contributed by atoms with Crippen LogP contribution in [0.1, 0.15) is 56.4 Å². The van der Waals surface area contributed by atoms with Gasteiger partial charge in [0.15, 0.2) is 5.96 Å². The zero-order chi connectivity index (χ0) is 18.4. The van der Waals surface area contributed by atoms with Crippen LogP contribution in [-0.4, -0.2) is 40.8 Å². The van der Waals surface area contributed by atoms with Crippen molar-refractivity contribution >= 4 is 17.3 Å². The number of hydrogen-bond donors (Lipinski definition) is 1. The minimum absolute atomic E-state index is 0.419. The van der Waals surface area contributed by atoms with Gasteiger partial charge in [-0.1, -0.05) is 20.8 Å². The molecule has 2 rings (SSSR count). The van der Waals surface area contributed by atoms with Crippen LogP contribution in [0.4, 0.5) is 0 Å². The van der Waals surface area contributed by atoms with Crippen LogP contribution in [0.25, 0.3) is 0 Å². The first-order chi connectivity index (χ1) is 11.9. The Balaban J connectivity index is 2.09. The Kier molecular flexibility index (Phi) is 7.05. The van der Waals surface area contributed by atoms with Crippen molar-refractivity contribution in [2.45, 2.75) is 46.1 Å². The lowest BCUT2D eigenvalue weighted by Crippen LogP contribution is -2.38. The lowest BCUT2D eigenvalue weighted by atomic mass is 10.1. The van der Waals surface area contributed by atoms with E-state index in [1.54, 1.807) is 11.3 Å². The van der Waals surface area contributed by atoms with E-state index in [9.17, 15) is 0 Å². The van der Waals surface area contributed by atoms with Crippen LogP contribution in [0.2, 0.25) is 0 Å². The Morgan fingerprint density at radius 3 is 2.76 bits per heavy atom. The summed E-state index contributed by atoms with van der Waals surface area (Å²) >= 11 is 1.74. The van der Waals surface area contributed by atoms with Crippen molar-refractivity contribution in [3.05, 3.63) is 39.8 Å². The van der Waals surface area contributed by atoms with Crippen LogP contribution in [0.3, 0.4) is 0 Å². The van der Waals surface area contributed by atoms with Gasteiger partial charge in [0.25, 0.3) is 0 Å². The lowest BCUT2D eigenvalue weighted by Gasteiger charge is -2.23. The topological polar surface area (TPSA) is 45.5 Å². The van der Waals surface area contributed by atoms with Crippen molar-refractivity contribution in [2.24, 2.45) is 12.0 Å². The van der Waals surface area contributed by atoms with Gasteiger partial charge >= 0.3 is 0 Å². The monoisotopic (exact) mass is 361 g/mol. The summed E-state index contributed by atoms with van der Waals surface area (Å²) in [6, 6.07) is 2.19. The molecule has 0 radical (unpaired) electrons. The number of guanidine groups is 1. The van der Waals surface area contributed by atoms with Crippen molar-refractivity contribution < 1.29 is 0 Å². The molecule has 0 aliphatic carbocycles. The number of nitrogens with one attached hydrogen (secondary N) is 1. The molecule has 5 nitrogen and oxygen atoms in total. The SMILES string of the molecule is CCNC(=NCC(C)c1ccsc1)N(C)Cc1cn(C)nc1C(C)C. The van der Waals surface area contributed by atoms with Gasteiger partial charge in [-0.3, -0.25) is 9.67 Å². The highest BCUT2D eigenvalue weighted by Gasteiger charge is 2.15. The third-order valence-corrected chi connectivity index (χ3v) is 4.92. The molecule has 1 atom stereocenters. The van der Waals surface area contributed by atoms with Gasteiger partial charge in [0.05, 0.1) is 5.69 Å². The van der Waals surface area contributed by atoms with Gasteiger partial charge < -0.3 is 10.2 Å². The first kappa shape index (κ1) is 19.5. The van der Waals surface area contributed by atoms with Crippen molar-refractivity contribution in [2.75, 3.05) is 20.1 Å². The average Bonchev–Trinajstić information content (AvgIpc) is 3.20. The van der Waals surface area contributed by atoms with Crippen molar-refractivity contribution in [3.63, 3.8) is 0 Å². The molecule has 2 aromatic heterocycles. The number of aryl methyl sites for hydroxylation is 1. The van der Waals surface area contributed by atoms with E-state index < -0.39 is 0 Å². The number of aromatic nitrogens is 2. The molecule has 25 heavy (non-hydrogen) atoms. The van der Waals surface area contributed by atoms with Crippen LogP contribution >= 0.6 is 11.3 Å². The first-order valence-electron chi connectivity index (χ1n) is 8.96. The summed E-state index contributed by atoms with van der Waals surface area (Å²) < 4.78 is 1.90. The highest BCUT2D eigenvalue weighted by molar-refractivity contribution is 7.07. The Hall–Kier alpha value is -1.82. The molecule has 138 valence electrons. The van der Waals surface area contributed by atoms with Gasteiger partial charge in [0.2, 0.25) is 0 Å². The van der Waals surface area contributed by atoms with Crippen molar-refractivity contribution in [3.8, 4) is 0 Å². The number of hydrogen-bond acceptors (Lipinski definition) is 3. The summed E-state index contributed by atoms with van der Waals surface area (Å²) in [5.41, 5.74) is 3.79. The number of aliphatic imine (C=N–C) groups is 1. The molecule has 1 N–H and O–H groups in total. The fourth-order valence-corrected chi connectivity index (χ4v) is 3.63. The summed E-state index contributed by atoms with van der Waals surface area (Å²) in [5.74, 6) is 1.80. The molecule has 0 bridgehead atoms. The van der Waals surface area contributed by atoms with Gasteiger partial charge in [0, 0.05) is 51.4 Å². The van der Waals surface area contributed by atoms with Crippen molar-refractivity contribution in [1.82, 2.24) is 20.0 Å². The predicted molar refractivity (Wildman–Crippen MR) is 107 cm³/mol. The first-order valence-corrected chi connectivity index (χ1v) is 9.90. The van der Waals surface area contributed by atoms with Crippen LogP contribution < -0.4 is 5.32 Å². The number of nitrogens with zero attached hydrogens (tertiary/aromatic N) is 4. The molecule has 0 saturated carbocycles. The normalized spacial score (nSPS) is 13.3. The molecule has 6 heteroatoms. The highest BCUT2D eigenvalue weighted by Crippen LogP contribution is 2.20. The second kappa shape index (κ2) is 9.04. The van der Waals surface area contributed by atoms with E-state index in [0.717, 1.165) is 31.3 Å². The van der Waals surface area contributed by atoms with E-state index in [1.807, 2.05) is 11.7 Å². The van der Waals surface area contributed by atoms with Crippen LogP contribution in [-0.2, 0) is 13.6 Å². The number of thiophene rings is 1. The van der Waals surface area contributed by atoms with Crippen LogP contribution in [0, 0.1) is 0 Å². The van der Waals surface area contributed by atoms with Gasteiger partial charge in [0.1, 0.15) is 0 Å². The fourth-order valence-electron chi connectivity index (χ4n) is 2.85. The minimum atomic E-state index is 0.419. The molecule has 0 amide bonds. The van der Waals surface area contributed by atoms with Crippen molar-refractivity contribution in [1.29, 1.82) is 0 Å². The Morgan fingerprint density at radius 2 is 2.16 bits per heavy atom. The minimum Gasteiger partial charge on any atom is -0.357 e. The summed E-state index contributed by atoms with van der Waals surface area (Å²) in [6.45, 7) is 11.2. The second-order valence-electron chi connectivity index (χ2n) is 6.88. The molecule has 1 unspecified atom stereocenters. The smallest absolute Gasteiger partial charge is 0.193 e. The highest BCUT2D eigenvalue weighted by atomic mass is 32.1. The maximum atomic E-state index is 4.86. The summed E-state index contributed by atoms with van der Waals surface area (Å²) in [7, 11) is 4.07. The largest absolute Gasteiger partial charge is 0.357 e. The van der Waals surface area contributed by atoms with E-state index in [2.05, 4.69) is 73.1 Å². The van der Waals surface area contributed by atoms with E-state index in [1.165, 1.54) is 11.1 Å². The van der Waals surface area contributed by atoms with Gasteiger partial charge in [-0.25, -0.2) is 0 Å². The standard InChI is InChI=1S/C19H31N5S/c1-7-20-19(21-10-15(4)16-8-9-25-13-16)23(5)11-17-12-24(6)22-18(17)14(2)3/h8-9,12-15H,7,10-11H2,1-6H3,(H,20,21). The van der Waals surface area contributed by atoms with E-state index in [-0.39, 0.29) is 0 Å². The molecule has 2 heterocycles. The average molecular weight is 362 g/mol. The Bertz CT molecular complexity index is 672. The molecule has 0 aromatic carbocycles. The summed E-state index contributed by atoms with van der Waals surface area (Å²) in [4.78, 5) is 7.04. The molecular weight excluding hydrogens is 330 g/mol. The predicted octanol–water partition coefficient (Wildman–Crippen LogP) is 3.81. The lowest BCUT2D eigenvalue weighted by molar-refractivity contribution is 0.472. The summed E-state index contributed by atoms with van der Waals surface area (Å²) in [5, 5.41) is 12.4. The third-order valence-electron chi connectivity index (χ3n) is 4.22. The third kappa shape index (κ3) is 5.33. The zero-order valence-electron chi connectivity index (χ0n) is 16.3. The van der Waals surface area contributed by atoms with E-state index in [0.29, 0.717) is 11.8 Å². The quantitative estimate of drug-likeness (QED) is 0.602. The maximum Gasteiger partial charge on any atom is 0.193 e. The number of rotatable bonds is 7. The Morgan fingerprint density at radius 1 is 1.40 bits per heavy atom. The maximum absolute atomic E-state index is 4.86. The molecule has 0 aliphatic heterocycles. The molecule has 0 fully saturated rings. The zero-order valence-corrected chi connectivity index (χ0v) is 17.1. The Labute approximate surface area is 155 Å². The molecule has 0 saturated heterocycles. The van der Waals surface area contributed by atoms with Gasteiger partial charge in [-0.2, -0.15) is 16.4 Å². The van der Waals surface area contributed by atoms with E-state index >= 15 is 0 Å². The summed E-state index contributed by atoms with van der Waals surface area (Å²) in [6.07, 6.45) is 2.11. The van der Waals surface area contributed by atoms with Gasteiger partial charge in [-0.15, -0.1) is 0 Å². The molecular formula is C19H31N5S. The second-order valence-corrected chi connectivity index (χ2v) is 7.66. The molecule has 2 aromatic rings. The van der Waals surface area contributed by atoms with E-state index in [4.69, 9.17) is 4.99 Å². The fraction of sp³-hybridized carbons (Fsp3) is 0.579. The molecule has 0 aliphatic rings. The molecule has 0 spiro atoms. The van der Waals surface area contributed by atoms with Crippen LogP contribution in [0.15, 0.2) is 28.0 Å². The van der Waals surface area contributed by atoms with Crippen LogP contribution in [0.5, 0.6) is 0 Å². The van der Waals surface area contributed by atoms with Gasteiger partial charge in [-0.05, 0) is 35.2 Å².